The summed E-state index contributed by atoms with van der Waals surface area (Å²) in [5, 5.41) is 0. The van der Waals surface area contributed by atoms with Gasteiger partial charge in [0.05, 0.1) is 0 Å². The van der Waals surface area contributed by atoms with Crippen LogP contribution >= 0.6 is 0 Å². The van der Waals surface area contributed by atoms with Crippen molar-refractivity contribution in [3.63, 3.8) is 0 Å². The molecule has 0 N–H and O–H groups in total. The highest BCUT2D eigenvalue weighted by atomic mass is 19.3. The quantitative estimate of drug-likeness (QED) is 0.622. The van der Waals surface area contributed by atoms with E-state index in [0.717, 1.165) is 4.57 Å². The maximum absolute atomic E-state index is 12.0. The number of imidazole rings is 1. The van der Waals surface area contributed by atoms with Crippen molar-refractivity contribution in [3.05, 3.63) is 18.2 Å². The zero-order chi connectivity index (χ0) is 7.56. The number of aryl methyl sites for hydroxylation is 1. The molecular weight excluding hydrogens is 138 g/mol. The molecule has 0 saturated heterocycles. The number of hydrogen-bond acceptors (Lipinski definition) is 1. The molecule has 0 atom stereocenters. The van der Waals surface area contributed by atoms with Gasteiger partial charge in [0.1, 0.15) is 5.82 Å². The Labute approximate surface area is 57.5 Å². The Morgan fingerprint density at radius 3 is 2.80 bits per heavy atom. The Morgan fingerprint density at radius 1 is 1.70 bits per heavy atom. The van der Waals surface area contributed by atoms with Crippen molar-refractivity contribution in [3.8, 4) is 0 Å². The van der Waals surface area contributed by atoms with Gasteiger partial charge in [-0.3, -0.25) is 4.57 Å². The molecule has 0 aliphatic heterocycles. The summed E-state index contributed by atoms with van der Waals surface area (Å²) >= 11 is 0. The summed E-state index contributed by atoms with van der Waals surface area (Å²) < 4.78 is 24.8. The van der Waals surface area contributed by atoms with Crippen LogP contribution in [0.4, 0.5) is 8.78 Å². The third-order valence-electron chi connectivity index (χ3n) is 1.28. The van der Waals surface area contributed by atoms with E-state index in [4.69, 9.17) is 0 Å². The number of hydrogen-bond donors (Lipinski definition) is 0. The van der Waals surface area contributed by atoms with Gasteiger partial charge in [-0.25, -0.2) is 4.98 Å². The van der Waals surface area contributed by atoms with Gasteiger partial charge in [0.15, 0.2) is 0 Å². The van der Waals surface area contributed by atoms with Gasteiger partial charge in [0, 0.05) is 18.8 Å². The molecule has 1 aromatic heterocycles. The molecule has 0 amide bonds. The van der Waals surface area contributed by atoms with Crippen LogP contribution in [-0.2, 0) is 6.42 Å². The van der Waals surface area contributed by atoms with E-state index in [1.807, 2.05) is 0 Å². The van der Waals surface area contributed by atoms with Crippen LogP contribution in [-0.4, -0.2) is 9.55 Å². The number of rotatable bonds is 2. The van der Waals surface area contributed by atoms with Crippen molar-refractivity contribution >= 4 is 0 Å². The van der Waals surface area contributed by atoms with Crippen LogP contribution < -0.4 is 0 Å². The average molecular weight is 146 g/mol. The van der Waals surface area contributed by atoms with Gasteiger partial charge < -0.3 is 0 Å². The highest BCUT2D eigenvalue weighted by Crippen LogP contribution is 2.11. The van der Waals surface area contributed by atoms with Crippen LogP contribution in [0.2, 0.25) is 0 Å². The summed E-state index contributed by atoms with van der Waals surface area (Å²) in [6.45, 7) is -0.668. The summed E-state index contributed by atoms with van der Waals surface area (Å²) in [5.74, 6) is 0.426. The summed E-state index contributed by atoms with van der Waals surface area (Å²) in [6, 6.07) is 0. The molecule has 1 heterocycles. The van der Waals surface area contributed by atoms with Crippen molar-refractivity contribution < 1.29 is 8.78 Å². The van der Waals surface area contributed by atoms with Crippen molar-refractivity contribution in [2.75, 3.05) is 0 Å². The Bertz CT molecular complexity index is 207. The van der Waals surface area contributed by atoms with Gasteiger partial charge >= 0.3 is 6.55 Å². The lowest BCUT2D eigenvalue weighted by molar-refractivity contribution is 0.0672. The van der Waals surface area contributed by atoms with E-state index in [2.05, 4.69) is 4.98 Å². The van der Waals surface area contributed by atoms with E-state index >= 15 is 0 Å². The molecule has 0 aliphatic carbocycles. The van der Waals surface area contributed by atoms with Crippen LogP contribution in [0.3, 0.4) is 0 Å². The zero-order valence-corrected chi connectivity index (χ0v) is 5.59. The SMILES string of the molecule is CCc1nccn1C(F)F. The predicted octanol–water partition coefficient (Wildman–Crippen LogP) is 1.84. The minimum atomic E-state index is -2.46. The second-order valence-electron chi connectivity index (χ2n) is 1.88. The lowest BCUT2D eigenvalue weighted by Gasteiger charge is -2.02. The summed E-state index contributed by atoms with van der Waals surface area (Å²) in [5.41, 5.74) is 0. The Balaban J connectivity index is 2.90. The molecular formula is C6H8F2N2. The van der Waals surface area contributed by atoms with Gasteiger partial charge in [-0.2, -0.15) is 8.78 Å². The highest BCUT2D eigenvalue weighted by Gasteiger charge is 2.08. The molecule has 4 heteroatoms. The molecule has 0 saturated carbocycles. The normalized spacial score (nSPS) is 10.8. The maximum atomic E-state index is 12.0. The minimum Gasteiger partial charge on any atom is -0.278 e. The fraction of sp³-hybridized carbons (Fsp3) is 0.500. The molecule has 0 radical (unpaired) electrons. The first-order valence-electron chi connectivity index (χ1n) is 3.05. The Hall–Kier alpha value is -0.930. The van der Waals surface area contributed by atoms with Gasteiger partial charge in [0.2, 0.25) is 0 Å². The fourth-order valence-electron chi connectivity index (χ4n) is 0.795. The highest BCUT2D eigenvalue weighted by molar-refractivity contribution is 4.91. The molecule has 0 aliphatic rings. The Kier molecular flexibility index (Phi) is 1.99. The standard InChI is InChI=1S/C6H8F2N2/c1-2-5-9-3-4-10(5)6(7)8/h3-4,6H,2H2,1H3. The molecule has 1 rings (SSSR count). The summed E-state index contributed by atoms with van der Waals surface area (Å²) in [7, 11) is 0. The third-order valence-corrected chi connectivity index (χ3v) is 1.28. The van der Waals surface area contributed by atoms with Gasteiger partial charge in [-0.15, -0.1) is 0 Å². The lowest BCUT2D eigenvalue weighted by Crippen LogP contribution is -2.01. The second kappa shape index (κ2) is 2.77. The molecule has 56 valence electrons. The molecule has 2 nitrogen and oxygen atoms in total. The van der Waals surface area contributed by atoms with Crippen LogP contribution in [0.25, 0.3) is 0 Å². The van der Waals surface area contributed by atoms with Gasteiger partial charge in [-0.05, 0) is 0 Å². The third kappa shape index (κ3) is 1.15. The first-order valence-corrected chi connectivity index (χ1v) is 3.05. The van der Waals surface area contributed by atoms with E-state index in [1.54, 1.807) is 6.92 Å². The van der Waals surface area contributed by atoms with Gasteiger partial charge in [-0.1, -0.05) is 6.92 Å². The molecule has 0 fully saturated rings. The van der Waals surface area contributed by atoms with Gasteiger partial charge in [0.25, 0.3) is 0 Å². The van der Waals surface area contributed by atoms with Crippen LogP contribution in [0.5, 0.6) is 0 Å². The number of halogens is 2. The fourth-order valence-corrected chi connectivity index (χ4v) is 0.795. The maximum Gasteiger partial charge on any atom is 0.319 e. The van der Waals surface area contributed by atoms with Crippen molar-refractivity contribution in [2.24, 2.45) is 0 Å². The Morgan fingerprint density at radius 2 is 2.40 bits per heavy atom. The van der Waals surface area contributed by atoms with E-state index in [0.29, 0.717) is 12.2 Å². The van der Waals surface area contributed by atoms with Crippen LogP contribution in [0.15, 0.2) is 12.4 Å². The molecule has 0 aromatic carbocycles. The second-order valence-corrected chi connectivity index (χ2v) is 1.88. The average Bonchev–Trinajstić information content (AvgIpc) is 2.33. The lowest BCUT2D eigenvalue weighted by atomic mass is 10.5. The topological polar surface area (TPSA) is 17.8 Å². The number of aromatic nitrogens is 2. The molecule has 0 unspecified atom stereocenters. The van der Waals surface area contributed by atoms with Crippen molar-refractivity contribution in [2.45, 2.75) is 19.9 Å². The van der Waals surface area contributed by atoms with E-state index in [1.165, 1.54) is 12.4 Å². The molecule has 0 spiro atoms. The van der Waals surface area contributed by atoms with E-state index < -0.39 is 6.55 Å². The largest absolute Gasteiger partial charge is 0.319 e. The first-order chi connectivity index (χ1) is 4.75. The van der Waals surface area contributed by atoms with Crippen molar-refractivity contribution in [1.29, 1.82) is 0 Å². The minimum absolute atomic E-state index is 0.426. The molecule has 1 aromatic rings. The monoisotopic (exact) mass is 146 g/mol. The molecule has 10 heavy (non-hydrogen) atoms. The first kappa shape index (κ1) is 7.18. The van der Waals surface area contributed by atoms with Crippen molar-refractivity contribution in [1.82, 2.24) is 9.55 Å². The number of alkyl halides is 2. The summed E-state index contributed by atoms with van der Waals surface area (Å²) in [6.07, 6.45) is 3.20. The van der Waals surface area contributed by atoms with E-state index in [9.17, 15) is 8.78 Å². The molecule has 0 bridgehead atoms. The number of nitrogens with zero attached hydrogens (tertiary/aromatic N) is 2. The van der Waals surface area contributed by atoms with E-state index in [-0.39, 0.29) is 0 Å². The summed E-state index contributed by atoms with van der Waals surface area (Å²) in [4.78, 5) is 3.74. The zero-order valence-electron chi connectivity index (χ0n) is 5.59. The van der Waals surface area contributed by atoms with Crippen LogP contribution in [0.1, 0.15) is 19.3 Å². The van der Waals surface area contributed by atoms with Crippen LogP contribution in [0, 0.1) is 0 Å². The smallest absolute Gasteiger partial charge is 0.278 e. The predicted molar refractivity (Wildman–Crippen MR) is 32.9 cm³/mol.